The first-order valence-electron chi connectivity index (χ1n) is 7.99. The number of hydrogen-bond acceptors (Lipinski definition) is 5. The third-order valence-corrected chi connectivity index (χ3v) is 4.63. The minimum absolute atomic E-state index is 0.0643. The van der Waals surface area contributed by atoms with Gasteiger partial charge in [0.2, 0.25) is 5.91 Å². The number of amides is 1. The van der Waals surface area contributed by atoms with Crippen molar-refractivity contribution < 1.29 is 4.79 Å². The van der Waals surface area contributed by atoms with Crippen LogP contribution in [-0.2, 0) is 4.79 Å². The highest BCUT2D eigenvalue weighted by Crippen LogP contribution is 2.33. The third-order valence-electron chi connectivity index (χ3n) is 4.63. The summed E-state index contributed by atoms with van der Waals surface area (Å²) in [5.74, 6) is 0.0651. The predicted molar refractivity (Wildman–Crippen MR) is 88.0 cm³/mol. The van der Waals surface area contributed by atoms with Crippen molar-refractivity contribution in [1.29, 1.82) is 5.26 Å². The number of nitrogens with one attached hydrogen (secondary N) is 1. The lowest BCUT2D eigenvalue weighted by Crippen LogP contribution is -2.39. The maximum atomic E-state index is 12.1. The molecule has 1 saturated heterocycles. The average molecular weight is 320 g/mol. The zero-order valence-corrected chi connectivity index (χ0v) is 13.1. The second kappa shape index (κ2) is 5.89. The van der Waals surface area contributed by atoms with E-state index in [2.05, 4.69) is 20.2 Å². The van der Waals surface area contributed by atoms with E-state index in [1.54, 1.807) is 23.5 Å². The maximum absolute atomic E-state index is 12.1. The minimum Gasteiger partial charge on any atom is -0.341 e. The zero-order chi connectivity index (χ0) is 16.5. The second-order valence-electron chi connectivity index (χ2n) is 6.07. The third kappa shape index (κ3) is 2.36. The summed E-state index contributed by atoms with van der Waals surface area (Å²) >= 11 is 0. The number of rotatable bonds is 2. The molecule has 1 aliphatic rings. The van der Waals surface area contributed by atoms with Gasteiger partial charge in [0.15, 0.2) is 5.65 Å². The smallest absolute Gasteiger partial charge is 0.236 e. The molecule has 7 nitrogen and oxygen atoms in total. The number of nitrogens with zero attached hydrogens (tertiary/aromatic N) is 5. The topological polar surface area (TPSA) is 98.6 Å². The molecule has 0 aromatic carbocycles. The Labute approximate surface area is 138 Å². The van der Waals surface area contributed by atoms with E-state index < -0.39 is 0 Å². The molecule has 3 aromatic rings. The van der Waals surface area contributed by atoms with Gasteiger partial charge >= 0.3 is 0 Å². The van der Waals surface area contributed by atoms with Crippen LogP contribution >= 0.6 is 0 Å². The zero-order valence-electron chi connectivity index (χ0n) is 13.1. The van der Waals surface area contributed by atoms with Crippen molar-refractivity contribution in [2.45, 2.75) is 25.2 Å². The van der Waals surface area contributed by atoms with Crippen molar-refractivity contribution in [2.24, 2.45) is 0 Å². The minimum atomic E-state index is -0.0998. The number of aromatic amines is 1. The summed E-state index contributed by atoms with van der Waals surface area (Å²) in [5, 5.41) is 19.2. The van der Waals surface area contributed by atoms with E-state index in [0.29, 0.717) is 13.1 Å². The number of fused-ring (bicyclic) bond motifs is 3. The first-order chi connectivity index (χ1) is 11.8. The molecule has 0 radical (unpaired) electrons. The summed E-state index contributed by atoms with van der Waals surface area (Å²) in [6, 6.07) is 3.90. The molecule has 3 aromatic heterocycles. The fourth-order valence-electron chi connectivity index (χ4n) is 3.52. The Hall–Kier alpha value is -3.01. The molecule has 4 heterocycles. The molecule has 1 aliphatic heterocycles. The molecule has 4 rings (SSSR count). The highest BCUT2D eigenvalue weighted by atomic mass is 16.2. The molecule has 0 aliphatic carbocycles. The number of hydrogen-bond donors (Lipinski definition) is 1. The maximum Gasteiger partial charge on any atom is 0.236 e. The normalized spacial score (nSPS) is 18.0. The Morgan fingerprint density at radius 3 is 3.21 bits per heavy atom. The highest BCUT2D eigenvalue weighted by Gasteiger charge is 2.27. The Morgan fingerprint density at radius 2 is 2.33 bits per heavy atom. The average Bonchev–Trinajstić information content (AvgIpc) is 3.10. The number of carbonyl (C=O) groups excluding carboxylic acids is 1. The molecule has 1 atom stereocenters. The number of pyridine rings is 1. The Morgan fingerprint density at radius 1 is 1.42 bits per heavy atom. The number of piperidine rings is 1. The summed E-state index contributed by atoms with van der Waals surface area (Å²) in [4.78, 5) is 22.5. The van der Waals surface area contributed by atoms with Gasteiger partial charge < -0.3 is 4.90 Å². The molecule has 0 saturated carbocycles. The summed E-state index contributed by atoms with van der Waals surface area (Å²) in [7, 11) is 0. The van der Waals surface area contributed by atoms with Gasteiger partial charge in [-0.25, -0.2) is 9.97 Å². The molecule has 1 N–H and O–H groups in total. The van der Waals surface area contributed by atoms with Gasteiger partial charge in [-0.05, 0) is 18.9 Å². The van der Waals surface area contributed by atoms with Crippen molar-refractivity contribution in [3.05, 3.63) is 30.4 Å². The Bertz CT molecular complexity index is 957. The first kappa shape index (κ1) is 14.6. The Kier molecular flexibility index (Phi) is 3.58. The van der Waals surface area contributed by atoms with E-state index >= 15 is 0 Å². The Balaban J connectivity index is 1.77. The van der Waals surface area contributed by atoms with E-state index in [1.807, 2.05) is 12.1 Å². The standard InChI is InChI=1S/C17H16N6O/c18-5-3-14(24)23-7-1-2-11(10-23)16-15-12(9-21-22-16)8-20-17-13(15)4-6-19-17/h4,6,8-9,11,22H,1-3,7,10H2. The molecule has 1 fully saturated rings. The quantitative estimate of drug-likeness (QED) is 0.780. The summed E-state index contributed by atoms with van der Waals surface area (Å²) < 4.78 is 0. The number of likely N-dealkylation sites (tertiary alicyclic amines) is 1. The molecular weight excluding hydrogens is 304 g/mol. The number of carbonyl (C=O) groups is 1. The van der Waals surface area contributed by atoms with Gasteiger partial charge in [0.05, 0.1) is 12.3 Å². The molecule has 1 amide bonds. The van der Waals surface area contributed by atoms with Crippen molar-refractivity contribution in [2.75, 3.05) is 13.1 Å². The van der Waals surface area contributed by atoms with Crippen molar-refractivity contribution in [1.82, 2.24) is 25.1 Å². The molecule has 24 heavy (non-hydrogen) atoms. The lowest BCUT2D eigenvalue weighted by Gasteiger charge is -2.32. The summed E-state index contributed by atoms with van der Waals surface area (Å²) in [6.07, 6.45) is 7.14. The fraction of sp³-hybridized carbons (Fsp3) is 0.353. The van der Waals surface area contributed by atoms with E-state index in [0.717, 1.165) is 40.3 Å². The van der Waals surface area contributed by atoms with Crippen LogP contribution in [0.25, 0.3) is 21.8 Å². The predicted octanol–water partition coefficient (Wildman–Crippen LogP) is 2.13. The van der Waals surface area contributed by atoms with E-state index in [-0.39, 0.29) is 18.2 Å². The second-order valence-corrected chi connectivity index (χ2v) is 6.07. The van der Waals surface area contributed by atoms with Gasteiger partial charge in [0.1, 0.15) is 6.42 Å². The van der Waals surface area contributed by atoms with Crippen molar-refractivity contribution >= 4 is 27.7 Å². The monoisotopic (exact) mass is 320 g/mol. The number of aromatic nitrogens is 4. The van der Waals surface area contributed by atoms with Gasteiger partial charge in [0.25, 0.3) is 0 Å². The van der Waals surface area contributed by atoms with Crippen LogP contribution < -0.4 is 0 Å². The van der Waals surface area contributed by atoms with E-state index in [4.69, 9.17) is 5.26 Å². The SMILES string of the molecule is N#CCC(=O)N1CCCC(c2[nH]ncc3cnc4nccc4c23)C1. The number of nitriles is 1. The van der Waals surface area contributed by atoms with Gasteiger partial charge in [0, 0.05) is 53.3 Å². The molecule has 7 heteroatoms. The van der Waals surface area contributed by atoms with Crippen LogP contribution in [0.1, 0.15) is 30.9 Å². The van der Waals surface area contributed by atoms with Crippen LogP contribution in [0.4, 0.5) is 0 Å². The van der Waals surface area contributed by atoms with Crippen LogP contribution in [-0.4, -0.2) is 44.1 Å². The van der Waals surface area contributed by atoms with E-state index in [1.165, 1.54) is 0 Å². The van der Waals surface area contributed by atoms with Gasteiger partial charge in [-0.2, -0.15) is 10.4 Å². The van der Waals surface area contributed by atoms with E-state index in [9.17, 15) is 4.79 Å². The molecular formula is C17H16N6O. The molecule has 0 spiro atoms. The number of H-pyrrole nitrogens is 1. The van der Waals surface area contributed by atoms with Crippen molar-refractivity contribution in [3.63, 3.8) is 0 Å². The van der Waals surface area contributed by atoms with Crippen LogP contribution in [0.15, 0.2) is 24.7 Å². The van der Waals surface area contributed by atoms with Crippen LogP contribution in [0.5, 0.6) is 0 Å². The van der Waals surface area contributed by atoms with Crippen LogP contribution in [0.3, 0.4) is 0 Å². The van der Waals surface area contributed by atoms with Crippen molar-refractivity contribution in [3.8, 4) is 6.07 Å². The fourth-order valence-corrected chi connectivity index (χ4v) is 3.52. The lowest BCUT2D eigenvalue weighted by atomic mass is 9.91. The van der Waals surface area contributed by atoms with Crippen LogP contribution in [0.2, 0.25) is 0 Å². The van der Waals surface area contributed by atoms with Gasteiger partial charge in [-0.15, -0.1) is 0 Å². The van der Waals surface area contributed by atoms with Gasteiger partial charge in [-0.1, -0.05) is 0 Å². The first-order valence-corrected chi connectivity index (χ1v) is 7.99. The summed E-state index contributed by atoms with van der Waals surface area (Å²) in [5.41, 5.74) is 1.74. The lowest BCUT2D eigenvalue weighted by molar-refractivity contribution is -0.131. The van der Waals surface area contributed by atoms with Crippen LogP contribution in [0, 0.1) is 11.3 Å². The highest BCUT2D eigenvalue weighted by molar-refractivity contribution is 6.05. The molecule has 120 valence electrons. The van der Waals surface area contributed by atoms with Gasteiger partial charge in [-0.3, -0.25) is 9.89 Å². The largest absolute Gasteiger partial charge is 0.341 e. The summed E-state index contributed by atoms with van der Waals surface area (Å²) in [6.45, 7) is 1.32. The molecule has 1 unspecified atom stereocenters. The molecule has 0 bridgehead atoms.